The molecule has 0 aliphatic rings. The van der Waals surface area contributed by atoms with E-state index < -0.39 is 0 Å². The SMILES string of the molecule is CCCCC#CC(OC(C)C)c1ccccc1. The van der Waals surface area contributed by atoms with E-state index in [0.29, 0.717) is 0 Å². The summed E-state index contributed by atoms with van der Waals surface area (Å²) in [6.45, 7) is 6.27. The molecule has 1 nitrogen and oxygen atoms in total. The Hall–Kier alpha value is -1.26. The minimum absolute atomic E-state index is 0.0898. The largest absolute Gasteiger partial charge is 0.358 e. The van der Waals surface area contributed by atoms with E-state index in [4.69, 9.17) is 4.74 Å². The zero-order chi connectivity index (χ0) is 12.5. The molecule has 0 aliphatic carbocycles. The Morgan fingerprint density at radius 3 is 2.47 bits per heavy atom. The van der Waals surface area contributed by atoms with E-state index in [0.717, 1.165) is 18.4 Å². The third kappa shape index (κ3) is 5.56. The fraction of sp³-hybridized carbons (Fsp3) is 0.500. The maximum absolute atomic E-state index is 5.84. The fourth-order valence-corrected chi connectivity index (χ4v) is 1.53. The van der Waals surface area contributed by atoms with Gasteiger partial charge in [0.2, 0.25) is 0 Å². The van der Waals surface area contributed by atoms with Gasteiger partial charge in [0.1, 0.15) is 6.10 Å². The molecule has 1 aromatic rings. The minimum atomic E-state index is -0.0898. The van der Waals surface area contributed by atoms with Crippen molar-refractivity contribution in [3.8, 4) is 11.8 Å². The predicted molar refractivity (Wildman–Crippen MR) is 72.7 cm³/mol. The summed E-state index contributed by atoms with van der Waals surface area (Å²) < 4.78 is 5.84. The zero-order valence-electron chi connectivity index (χ0n) is 11.1. The second kappa shape index (κ2) is 7.92. The van der Waals surface area contributed by atoms with Crippen molar-refractivity contribution in [3.63, 3.8) is 0 Å². The van der Waals surface area contributed by atoms with Crippen molar-refractivity contribution in [1.82, 2.24) is 0 Å². The normalized spacial score (nSPS) is 12.0. The molecule has 1 rings (SSSR count). The molecule has 92 valence electrons. The van der Waals surface area contributed by atoms with Gasteiger partial charge in [0.15, 0.2) is 0 Å². The summed E-state index contributed by atoms with van der Waals surface area (Å²) in [6.07, 6.45) is 3.42. The zero-order valence-corrected chi connectivity index (χ0v) is 11.1. The van der Waals surface area contributed by atoms with Gasteiger partial charge in [0.05, 0.1) is 6.10 Å². The highest BCUT2D eigenvalue weighted by molar-refractivity contribution is 5.25. The lowest BCUT2D eigenvalue weighted by Crippen LogP contribution is -2.08. The molecule has 17 heavy (non-hydrogen) atoms. The molecule has 1 aromatic carbocycles. The molecule has 1 unspecified atom stereocenters. The average molecular weight is 230 g/mol. The van der Waals surface area contributed by atoms with E-state index in [2.05, 4.69) is 30.9 Å². The summed E-state index contributed by atoms with van der Waals surface area (Å²) in [4.78, 5) is 0. The molecule has 1 atom stereocenters. The number of ether oxygens (including phenoxy) is 1. The monoisotopic (exact) mass is 230 g/mol. The highest BCUT2D eigenvalue weighted by Gasteiger charge is 2.09. The van der Waals surface area contributed by atoms with Gasteiger partial charge in [-0.2, -0.15) is 0 Å². The molecule has 0 radical (unpaired) electrons. The number of benzene rings is 1. The summed E-state index contributed by atoms with van der Waals surface area (Å²) in [6, 6.07) is 10.2. The van der Waals surface area contributed by atoms with Gasteiger partial charge in [0, 0.05) is 6.42 Å². The third-order valence-corrected chi connectivity index (χ3v) is 2.40. The topological polar surface area (TPSA) is 9.23 Å². The molecule has 0 aromatic heterocycles. The number of rotatable bonds is 5. The average Bonchev–Trinajstić information content (AvgIpc) is 2.34. The molecule has 0 aliphatic heterocycles. The maximum atomic E-state index is 5.84. The van der Waals surface area contributed by atoms with Crippen molar-refractivity contribution in [2.75, 3.05) is 0 Å². The van der Waals surface area contributed by atoms with Gasteiger partial charge >= 0.3 is 0 Å². The van der Waals surface area contributed by atoms with Crippen LogP contribution in [0.1, 0.15) is 51.7 Å². The Labute approximate surface area is 105 Å². The lowest BCUT2D eigenvalue weighted by atomic mass is 10.1. The Balaban J connectivity index is 2.69. The van der Waals surface area contributed by atoms with Crippen LogP contribution in [0.2, 0.25) is 0 Å². The van der Waals surface area contributed by atoms with E-state index in [9.17, 15) is 0 Å². The number of hydrogen-bond acceptors (Lipinski definition) is 1. The molecule has 0 saturated carbocycles. The highest BCUT2D eigenvalue weighted by atomic mass is 16.5. The molecular formula is C16H22O. The van der Waals surface area contributed by atoms with E-state index in [-0.39, 0.29) is 12.2 Å². The second-order valence-electron chi connectivity index (χ2n) is 4.40. The summed E-state index contributed by atoms with van der Waals surface area (Å²) in [5.41, 5.74) is 1.14. The van der Waals surface area contributed by atoms with Crippen LogP contribution in [0.5, 0.6) is 0 Å². The first-order chi connectivity index (χ1) is 8.24. The highest BCUT2D eigenvalue weighted by Crippen LogP contribution is 2.18. The molecule has 0 N–H and O–H groups in total. The van der Waals surface area contributed by atoms with Crippen molar-refractivity contribution < 1.29 is 4.74 Å². The maximum Gasteiger partial charge on any atom is 0.143 e. The second-order valence-corrected chi connectivity index (χ2v) is 4.40. The lowest BCUT2D eigenvalue weighted by molar-refractivity contribution is 0.0403. The van der Waals surface area contributed by atoms with E-state index in [1.54, 1.807) is 0 Å². The fourth-order valence-electron chi connectivity index (χ4n) is 1.53. The molecule has 0 fully saturated rings. The first-order valence-corrected chi connectivity index (χ1v) is 6.42. The number of unbranched alkanes of at least 4 members (excludes halogenated alkanes) is 2. The lowest BCUT2D eigenvalue weighted by Gasteiger charge is -2.15. The Kier molecular flexibility index (Phi) is 6.43. The van der Waals surface area contributed by atoms with Gasteiger partial charge in [-0.1, -0.05) is 49.6 Å². The van der Waals surface area contributed by atoms with Crippen molar-refractivity contribution in [1.29, 1.82) is 0 Å². The van der Waals surface area contributed by atoms with Crippen LogP contribution in [-0.2, 0) is 4.74 Å². The van der Waals surface area contributed by atoms with E-state index in [1.165, 1.54) is 6.42 Å². The van der Waals surface area contributed by atoms with Gasteiger partial charge in [-0.15, -0.1) is 5.92 Å². The summed E-state index contributed by atoms with van der Waals surface area (Å²) in [7, 11) is 0. The van der Waals surface area contributed by atoms with Crippen molar-refractivity contribution >= 4 is 0 Å². The Morgan fingerprint density at radius 2 is 1.88 bits per heavy atom. The van der Waals surface area contributed by atoms with Gasteiger partial charge < -0.3 is 4.74 Å². The summed E-state index contributed by atoms with van der Waals surface area (Å²) in [5.74, 6) is 6.45. The van der Waals surface area contributed by atoms with Crippen molar-refractivity contribution in [2.45, 2.75) is 52.2 Å². The van der Waals surface area contributed by atoms with Crippen LogP contribution in [0.25, 0.3) is 0 Å². The molecule has 0 spiro atoms. The van der Waals surface area contributed by atoms with Crippen molar-refractivity contribution in [3.05, 3.63) is 35.9 Å². The van der Waals surface area contributed by atoms with Gasteiger partial charge in [-0.25, -0.2) is 0 Å². The van der Waals surface area contributed by atoms with Crippen LogP contribution >= 0.6 is 0 Å². The van der Waals surface area contributed by atoms with E-state index >= 15 is 0 Å². The van der Waals surface area contributed by atoms with Crippen LogP contribution in [-0.4, -0.2) is 6.10 Å². The molecule has 0 saturated heterocycles. The third-order valence-electron chi connectivity index (χ3n) is 2.40. The van der Waals surface area contributed by atoms with Gasteiger partial charge in [-0.3, -0.25) is 0 Å². The molecule has 0 heterocycles. The quantitative estimate of drug-likeness (QED) is 0.540. The molecule has 0 amide bonds. The van der Waals surface area contributed by atoms with Crippen LogP contribution in [0.15, 0.2) is 30.3 Å². The van der Waals surface area contributed by atoms with E-state index in [1.807, 2.05) is 32.0 Å². The Bertz CT molecular complexity index is 356. The van der Waals surface area contributed by atoms with Gasteiger partial charge in [-0.05, 0) is 25.8 Å². The van der Waals surface area contributed by atoms with Crippen LogP contribution < -0.4 is 0 Å². The van der Waals surface area contributed by atoms with Crippen LogP contribution in [0.4, 0.5) is 0 Å². The molecule has 0 bridgehead atoms. The van der Waals surface area contributed by atoms with Crippen molar-refractivity contribution in [2.24, 2.45) is 0 Å². The van der Waals surface area contributed by atoms with Gasteiger partial charge in [0.25, 0.3) is 0 Å². The predicted octanol–water partition coefficient (Wildman–Crippen LogP) is 4.35. The Morgan fingerprint density at radius 1 is 1.18 bits per heavy atom. The minimum Gasteiger partial charge on any atom is -0.358 e. The van der Waals surface area contributed by atoms with Crippen LogP contribution in [0.3, 0.4) is 0 Å². The molecule has 1 heteroatoms. The smallest absolute Gasteiger partial charge is 0.143 e. The molecular weight excluding hydrogens is 208 g/mol. The number of hydrogen-bond donors (Lipinski definition) is 0. The summed E-state index contributed by atoms with van der Waals surface area (Å²) in [5, 5.41) is 0. The summed E-state index contributed by atoms with van der Waals surface area (Å²) >= 11 is 0. The standard InChI is InChI=1S/C16H22O/c1-4-5-6-10-13-16(17-14(2)3)15-11-8-7-9-12-15/h7-9,11-12,14,16H,4-6H2,1-3H3. The first kappa shape index (κ1) is 13.8. The first-order valence-electron chi connectivity index (χ1n) is 6.42. The van der Waals surface area contributed by atoms with Crippen LogP contribution in [0, 0.1) is 11.8 Å².